The second-order valence-electron chi connectivity index (χ2n) is 9.76. The Bertz CT molecular complexity index is 1760. The molecule has 1 atom stereocenters. The number of nitrogens with zero attached hydrogens (tertiary/aromatic N) is 2. The highest BCUT2D eigenvalue weighted by Gasteiger charge is 2.48. The maximum absolute atomic E-state index is 13.6. The minimum absolute atomic E-state index is 0.0666. The quantitative estimate of drug-likeness (QED) is 0.117. The molecule has 4 aromatic rings. The van der Waals surface area contributed by atoms with Crippen LogP contribution in [0.25, 0.3) is 5.76 Å². The van der Waals surface area contributed by atoms with Gasteiger partial charge in [-0.05, 0) is 60.9 Å². The van der Waals surface area contributed by atoms with Gasteiger partial charge < -0.3 is 24.4 Å². The molecule has 1 unspecified atom stereocenters. The Morgan fingerprint density at radius 1 is 1.00 bits per heavy atom. The highest BCUT2D eigenvalue weighted by molar-refractivity contribution is 7.17. The third-order valence-electron chi connectivity index (χ3n) is 7.01. The standard InChI is InChI=1S/C32H28N2O8S/c1-17-14-21(11-13-23(17)42-16-19-8-6-5-7-9-19)27(36)25-26(20-10-12-22(35)24(15-20)40-3)34(30(38)28(25)37)32-33-18(2)29(43-32)31(39)41-4/h5-15,26,35-36H,16H2,1-4H3/b27-25-. The molecule has 0 spiro atoms. The van der Waals surface area contributed by atoms with Gasteiger partial charge in [-0.3, -0.25) is 14.5 Å². The van der Waals surface area contributed by atoms with E-state index in [0.29, 0.717) is 34.7 Å². The first-order valence-electron chi connectivity index (χ1n) is 13.2. The molecule has 2 N–H and O–H groups in total. The SMILES string of the molecule is COC(=O)c1sc(N2C(=O)C(=O)/C(=C(\O)c3ccc(OCc4ccccc4)c(C)c3)C2c2ccc(O)c(OC)c2)nc1C. The number of ketones is 1. The fraction of sp³-hybridized carbons (Fsp3) is 0.188. The summed E-state index contributed by atoms with van der Waals surface area (Å²) in [5.41, 5.74) is 2.48. The number of anilines is 1. The predicted molar refractivity (Wildman–Crippen MR) is 160 cm³/mol. The first-order chi connectivity index (χ1) is 20.6. The number of aliphatic hydroxyl groups excluding tert-OH is 1. The van der Waals surface area contributed by atoms with Gasteiger partial charge in [0.15, 0.2) is 16.6 Å². The molecule has 1 amide bonds. The Kier molecular flexibility index (Phi) is 8.18. The monoisotopic (exact) mass is 600 g/mol. The molecule has 10 nitrogen and oxygen atoms in total. The van der Waals surface area contributed by atoms with Crippen molar-refractivity contribution in [3.8, 4) is 17.2 Å². The molecule has 1 aliphatic rings. The van der Waals surface area contributed by atoms with Gasteiger partial charge in [0.05, 0.1) is 31.5 Å². The maximum atomic E-state index is 13.6. The number of methoxy groups -OCH3 is 2. The lowest BCUT2D eigenvalue weighted by atomic mass is 9.94. The van der Waals surface area contributed by atoms with E-state index in [9.17, 15) is 24.6 Å². The second-order valence-corrected chi connectivity index (χ2v) is 10.7. The topological polar surface area (TPSA) is 135 Å². The van der Waals surface area contributed by atoms with Crippen molar-refractivity contribution in [3.05, 3.63) is 105 Å². The molecule has 1 fully saturated rings. The second kappa shape index (κ2) is 12.0. The number of carbonyl (C=O) groups is 3. The number of ether oxygens (including phenoxy) is 3. The predicted octanol–water partition coefficient (Wildman–Crippen LogP) is 5.47. The number of hydrogen-bond donors (Lipinski definition) is 2. The van der Waals surface area contributed by atoms with Crippen LogP contribution in [0, 0.1) is 13.8 Å². The van der Waals surface area contributed by atoms with Crippen molar-refractivity contribution < 1.29 is 38.8 Å². The Morgan fingerprint density at radius 2 is 1.74 bits per heavy atom. The van der Waals surface area contributed by atoms with Gasteiger partial charge in [-0.25, -0.2) is 9.78 Å². The van der Waals surface area contributed by atoms with Crippen molar-refractivity contribution >= 4 is 39.9 Å². The maximum Gasteiger partial charge on any atom is 0.350 e. The molecule has 0 aliphatic carbocycles. The zero-order valence-electron chi connectivity index (χ0n) is 23.8. The van der Waals surface area contributed by atoms with Crippen LogP contribution in [0.2, 0.25) is 0 Å². The van der Waals surface area contributed by atoms with E-state index in [4.69, 9.17) is 14.2 Å². The van der Waals surface area contributed by atoms with E-state index in [1.807, 2.05) is 37.3 Å². The number of Topliss-reactive ketones (excluding diaryl/α,β-unsaturated/α-hetero) is 1. The number of phenols is 1. The lowest BCUT2D eigenvalue weighted by Gasteiger charge is -2.23. The normalized spacial score (nSPS) is 15.9. The average Bonchev–Trinajstić information content (AvgIpc) is 3.52. The minimum Gasteiger partial charge on any atom is -0.507 e. The molecule has 43 heavy (non-hydrogen) atoms. The van der Waals surface area contributed by atoms with E-state index in [1.165, 1.54) is 32.4 Å². The Balaban J connectivity index is 1.60. The van der Waals surface area contributed by atoms with Gasteiger partial charge in [0, 0.05) is 5.56 Å². The largest absolute Gasteiger partial charge is 0.507 e. The van der Waals surface area contributed by atoms with Crippen molar-refractivity contribution in [1.29, 1.82) is 0 Å². The van der Waals surface area contributed by atoms with Crippen LogP contribution in [-0.2, 0) is 20.9 Å². The van der Waals surface area contributed by atoms with Crippen LogP contribution in [0.15, 0.2) is 72.3 Å². The molecular formula is C32H28N2O8S. The summed E-state index contributed by atoms with van der Waals surface area (Å²) in [5.74, 6) is -2.38. The van der Waals surface area contributed by atoms with Crippen LogP contribution in [0.5, 0.6) is 17.2 Å². The molecule has 0 saturated carbocycles. The van der Waals surface area contributed by atoms with Gasteiger partial charge in [-0.1, -0.05) is 47.7 Å². The lowest BCUT2D eigenvalue weighted by molar-refractivity contribution is -0.132. The molecule has 0 bridgehead atoms. The van der Waals surface area contributed by atoms with Crippen LogP contribution in [0.4, 0.5) is 5.13 Å². The molecule has 0 radical (unpaired) electrons. The molecule has 3 aromatic carbocycles. The van der Waals surface area contributed by atoms with Crippen molar-refractivity contribution in [3.63, 3.8) is 0 Å². The summed E-state index contributed by atoms with van der Waals surface area (Å²) in [5, 5.41) is 21.8. The molecule has 5 rings (SSSR count). The highest BCUT2D eigenvalue weighted by atomic mass is 32.1. The number of hydrogen-bond acceptors (Lipinski definition) is 10. The van der Waals surface area contributed by atoms with Gasteiger partial charge in [0.2, 0.25) is 0 Å². The molecule has 1 aromatic heterocycles. The van der Waals surface area contributed by atoms with Crippen LogP contribution < -0.4 is 14.4 Å². The molecule has 11 heteroatoms. The zero-order chi connectivity index (χ0) is 30.8. The highest BCUT2D eigenvalue weighted by Crippen LogP contribution is 2.45. The molecule has 2 heterocycles. The smallest absolute Gasteiger partial charge is 0.350 e. The Hall–Kier alpha value is -5.16. The Labute approximate surface area is 251 Å². The van der Waals surface area contributed by atoms with Crippen LogP contribution in [0.1, 0.15) is 43.7 Å². The van der Waals surface area contributed by atoms with E-state index < -0.39 is 29.5 Å². The van der Waals surface area contributed by atoms with E-state index >= 15 is 0 Å². The summed E-state index contributed by atoms with van der Waals surface area (Å²) in [4.78, 5) is 45.1. The molecule has 1 aliphatic heterocycles. The minimum atomic E-state index is -1.15. The van der Waals surface area contributed by atoms with E-state index in [0.717, 1.165) is 21.8 Å². The van der Waals surface area contributed by atoms with Crippen molar-refractivity contribution in [2.24, 2.45) is 0 Å². The number of thiazole rings is 1. The summed E-state index contributed by atoms with van der Waals surface area (Å²) >= 11 is 0.890. The lowest BCUT2D eigenvalue weighted by Crippen LogP contribution is -2.29. The average molecular weight is 601 g/mol. The fourth-order valence-corrected chi connectivity index (χ4v) is 5.84. The summed E-state index contributed by atoms with van der Waals surface area (Å²) in [6.45, 7) is 3.75. The first kappa shape index (κ1) is 29.3. The third kappa shape index (κ3) is 5.54. The number of rotatable bonds is 8. The number of esters is 1. The number of aliphatic hydroxyl groups is 1. The fourth-order valence-electron chi connectivity index (χ4n) is 4.83. The van der Waals surface area contributed by atoms with E-state index in [1.54, 1.807) is 25.1 Å². The van der Waals surface area contributed by atoms with Gasteiger partial charge in [0.1, 0.15) is 23.0 Å². The molecule has 1 saturated heterocycles. The number of benzene rings is 3. The van der Waals surface area contributed by atoms with Crippen molar-refractivity contribution in [1.82, 2.24) is 4.98 Å². The first-order valence-corrected chi connectivity index (χ1v) is 14.0. The molecule has 220 valence electrons. The number of carbonyl (C=O) groups excluding carboxylic acids is 3. The van der Waals surface area contributed by atoms with Gasteiger partial charge >= 0.3 is 11.9 Å². The number of phenolic OH excluding ortho intramolecular Hbond substituents is 1. The Morgan fingerprint density at radius 3 is 2.42 bits per heavy atom. The van der Waals surface area contributed by atoms with Gasteiger partial charge in [-0.15, -0.1) is 0 Å². The molecular weight excluding hydrogens is 572 g/mol. The van der Waals surface area contributed by atoms with Crippen LogP contribution in [-0.4, -0.2) is 47.1 Å². The number of aromatic nitrogens is 1. The number of amides is 1. The van der Waals surface area contributed by atoms with Crippen molar-refractivity contribution in [2.45, 2.75) is 26.5 Å². The van der Waals surface area contributed by atoms with E-state index in [2.05, 4.69) is 4.98 Å². The van der Waals surface area contributed by atoms with Crippen LogP contribution in [0.3, 0.4) is 0 Å². The zero-order valence-corrected chi connectivity index (χ0v) is 24.6. The summed E-state index contributed by atoms with van der Waals surface area (Å²) in [6, 6.07) is 17.8. The summed E-state index contributed by atoms with van der Waals surface area (Å²) < 4.78 is 16.1. The number of aromatic hydroxyl groups is 1. The van der Waals surface area contributed by atoms with Crippen molar-refractivity contribution in [2.75, 3.05) is 19.1 Å². The van der Waals surface area contributed by atoms with E-state index in [-0.39, 0.29) is 27.1 Å². The summed E-state index contributed by atoms with van der Waals surface area (Å²) in [6.07, 6.45) is 0. The summed E-state index contributed by atoms with van der Waals surface area (Å²) in [7, 11) is 2.60. The third-order valence-corrected chi connectivity index (χ3v) is 8.15. The van der Waals surface area contributed by atoms with Gasteiger partial charge in [-0.2, -0.15) is 0 Å². The van der Waals surface area contributed by atoms with Crippen LogP contribution >= 0.6 is 11.3 Å². The van der Waals surface area contributed by atoms with Gasteiger partial charge in [0.25, 0.3) is 5.78 Å². The number of aryl methyl sites for hydroxylation is 2.